The smallest absolute Gasteiger partial charge is 0.277 e. The van der Waals surface area contributed by atoms with Crippen molar-refractivity contribution >= 4 is 17.0 Å². The summed E-state index contributed by atoms with van der Waals surface area (Å²) < 4.78 is 11.6. The number of fused-ring (bicyclic) bond motifs is 1. The highest BCUT2D eigenvalue weighted by Crippen LogP contribution is 2.29. The summed E-state index contributed by atoms with van der Waals surface area (Å²) in [7, 11) is 0. The van der Waals surface area contributed by atoms with Crippen LogP contribution in [-0.2, 0) is 4.79 Å². The molecule has 1 atom stereocenters. The normalized spacial score (nSPS) is 15.9. The van der Waals surface area contributed by atoms with E-state index in [1.165, 1.54) is 0 Å². The fourth-order valence-electron chi connectivity index (χ4n) is 4.33. The van der Waals surface area contributed by atoms with Gasteiger partial charge in [0.2, 0.25) is 0 Å². The van der Waals surface area contributed by atoms with Crippen LogP contribution in [0.4, 0.5) is 0 Å². The van der Waals surface area contributed by atoms with Crippen LogP contribution in [0.25, 0.3) is 11.1 Å². The molecule has 0 unspecified atom stereocenters. The second-order valence-electron chi connectivity index (χ2n) is 8.02. The van der Waals surface area contributed by atoms with E-state index < -0.39 is 0 Å². The number of rotatable bonds is 6. The number of nitrogens with two attached hydrogens (primary N) is 1. The quantitative estimate of drug-likeness (QED) is 0.522. The van der Waals surface area contributed by atoms with Gasteiger partial charge in [0.05, 0.1) is 6.26 Å². The summed E-state index contributed by atoms with van der Waals surface area (Å²) >= 11 is 0. The van der Waals surface area contributed by atoms with Gasteiger partial charge in [-0.3, -0.25) is 4.79 Å². The highest BCUT2D eigenvalue weighted by atomic mass is 16.3. The Balaban J connectivity index is 1.19. The minimum atomic E-state index is -0.0302. The van der Waals surface area contributed by atoms with Crippen molar-refractivity contribution in [3.63, 3.8) is 0 Å². The van der Waals surface area contributed by atoms with Crippen LogP contribution in [0.2, 0.25) is 0 Å². The maximum Gasteiger partial charge on any atom is 0.277 e. The molecule has 2 aromatic carbocycles. The Bertz CT molecular complexity index is 1100. The van der Waals surface area contributed by atoms with Gasteiger partial charge in [-0.05, 0) is 37.1 Å². The van der Waals surface area contributed by atoms with Crippen LogP contribution in [0, 0.1) is 0 Å². The highest BCUT2D eigenvalue weighted by Gasteiger charge is 2.29. The number of amides is 1. The van der Waals surface area contributed by atoms with Gasteiger partial charge in [-0.25, -0.2) is 4.98 Å². The van der Waals surface area contributed by atoms with E-state index in [1.807, 2.05) is 59.5 Å². The molecule has 158 valence electrons. The lowest BCUT2D eigenvalue weighted by atomic mass is 9.96. The molecular weight excluding hydrogens is 390 g/mol. The van der Waals surface area contributed by atoms with E-state index >= 15 is 0 Å². The number of para-hydroxylation sites is 2. The van der Waals surface area contributed by atoms with Gasteiger partial charge in [-0.2, -0.15) is 0 Å². The highest BCUT2D eigenvalue weighted by molar-refractivity contribution is 5.77. The number of hydrogen-bond acceptors (Lipinski definition) is 4. The minimum Gasteiger partial charge on any atom is -0.463 e. The van der Waals surface area contributed by atoms with Gasteiger partial charge in [-0.1, -0.05) is 42.5 Å². The van der Waals surface area contributed by atoms with Gasteiger partial charge in [0.15, 0.2) is 29.8 Å². The molecule has 0 radical (unpaired) electrons. The van der Waals surface area contributed by atoms with Crippen molar-refractivity contribution < 1.29 is 18.9 Å². The molecule has 4 aromatic rings. The van der Waals surface area contributed by atoms with Crippen molar-refractivity contribution in [3.05, 3.63) is 90.2 Å². The molecule has 31 heavy (non-hydrogen) atoms. The third-order valence-corrected chi connectivity index (χ3v) is 6.04. The molecule has 0 bridgehead atoms. The number of hydrogen-bond donors (Lipinski definition) is 1. The average molecular weight is 417 g/mol. The number of likely N-dealkylation sites (tertiary alicyclic amines) is 1. The number of furan rings is 1. The Hall–Kier alpha value is -3.38. The second-order valence-corrected chi connectivity index (χ2v) is 8.02. The van der Waals surface area contributed by atoms with Crippen LogP contribution >= 0.6 is 0 Å². The second kappa shape index (κ2) is 8.78. The SMILES string of the molecule is O=C(C[NH2+][C@@H](c1ccccc1)c1ccco1)N1CCC(c2nc3ccccc3o2)CC1. The summed E-state index contributed by atoms with van der Waals surface area (Å²) in [6, 6.07) is 21.8. The summed E-state index contributed by atoms with van der Waals surface area (Å²) in [5, 5.41) is 2.06. The molecule has 0 aliphatic carbocycles. The lowest BCUT2D eigenvalue weighted by Gasteiger charge is -2.30. The minimum absolute atomic E-state index is 0.0302. The molecule has 2 aromatic heterocycles. The Morgan fingerprint density at radius 3 is 2.55 bits per heavy atom. The van der Waals surface area contributed by atoms with Crippen molar-refractivity contribution in [3.8, 4) is 0 Å². The van der Waals surface area contributed by atoms with Crippen molar-refractivity contribution in [2.75, 3.05) is 19.6 Å². The van der Waals surface area contributed by atoms with Gasteiger partial charge < -0.3 is 19.1 Å². The van der Waals surface area contributed by atoms with Crippen molar-refractivity contribution in [1.29, 1.82) is 0 Å². The number of carbonyl (C=O) groups is 1. The third kappa shape index (κ3) is 4.25. The summed E-state index contributed by atoms with van der Waals surface area (Å²) in [4.78, 5) is 19.5. The largest absolute Gasteiger partial charge is 0.463 e. The summed E-state index contributed by atoms with van der Waals surface area (Å²) in [5.41, 5.74) is 2.85. The monoisotopic (exact) mass is 416 g/mol. The molecule has 1 aliphatic rings. The standard InChI is InChI=1S/C25H25N3O3/c29-23(17-26-24(22-11-6-16-30-22)18-7-2-1-3-8-18)28-14-12-19(13-15-28)25-27-20-9-4-5-10-21(20)31-25/h1-11,16,19,24,26H,12-15,17H2/p+1/t24-/m0/s1. The first-order valence-corrected chi connectivity index (χ1v) is 10.8. The molecule has 5 rings (SSSR count). The molecule has 6 nitrogen and oxygen atoms in total. The topological polar surface area (TPSA) is 76.1 Å². The molecule has 1 fully saturated rings. The van der Waals surface area contributed by atoms with Crippen molar-refractivity contribution in [2.24, 2.45) is 0 Å². The number of nitrogens with zero attached hydrogens (tertiary/aromatic N) is 2. The zero-order valence-electron chi connectivity index (χ0n) is 17.3. The van der Waals surface area contributed by atoms with Crippen LogP contribution < -0.4 is 5.32 Å². The predicted octanol–water partition coefficient (Wildman–Crippen LogP) is 3.48. The Morgan fingerprint density at radius 1 is 1.03 bits per heavy atom. The van der Waals surface area contributed by atoms with Gasteiger partial charge in [0.1, 0.15) is 5.52 Å². The molecule has 3 heterocycles. The maximum absolute atomic E-state index is 12.9. The van der Waals surface area contributed by atoms with Crippen molar-refractivity contribution in [2.45, 2.75) is 24.8 Å². The van der Waals surface area contributed by atoms with E-state index in [2.05, 4.69) is 22.4 Å². The zero-order valence-corrected chi connectivity index (χ0v) is 17.3. The molecule has 1 amide bonds. The molecule has 2 N–H and O–H groups in total. The number of benzene rings is 2. The average Bonchev–Trinajstić information content (AvgIpc) is 3.50. The number of quaternary nitrogens is 1. The first-order valence-electron chi connectivity index (χ1n) is 10.8. The van der Waals surface area contributed by atoms with E-state index in [1.54, 1.807) is 6.26 Å². The summed E-state index contributed by atoms with van der Waals surface area (Å²) in [6.45, 7) is 1.84. The molecule has 1 saturated heterocycles. The zero-order chi connectivity index (χ0) is 21.0. The number of carbonyl (C=O) groups excluding carboxylic acids is 1. The van der Waals surface area contributed by atoms with Gasteiger partial charge in [-0.15, -0.1) is 0 Å². The molecular formula is C25H26N3O3+. The molecule has 6 heteroatoms. The lowest BCUT2D eigenvalue weighted by Crippen LogP contribution is -2.87. The fraction of sp³-hybridized carbons (Fsp3) is 0.280. The van der Waals surface area contributed by atoms with E-state index in [9.17, 15) is 4.79 Å². The van der Waals surface area contributed by atoms with Crippen LogP contribution in [0.3, 0.4) is 0 Å². The molecule has 0 saturated carbocycles. The molecule has 1 aliphatic heterocycles. The Kier molecular flexibility index (Phi) is 5.54. The van der Waals surface area contributed by atoms with Crippen LogP contribution in [0.1, 0.15) is 42.0 Å². The third-order valence-electron chi connectivity index (χ3n) is 6.04. The van der Waals surface area contributed by atoms with Gasteiger partial charge >= 0.3 is 0 Å². The Morgan fingerprint density at radius 2 is 1.81 bits per heavy atom. The van der Waals surface area contributed by atoms with Gasteiger partial charge in [0, 0.05) is 24.6 Å². The summed E-state index contributed by atoms with van der Waals surface area (Å²) in [6.07, 6.45) is 3.43. The maximum atomic E-state index is 12.9. The van der Waals surface area contributed by atoms with E-state index in [4.69, 9.17) is 8.83 Å². The number of piperidine rings is 1. The Labute approximate surface area is 180 Å². The predicted molar refractivity (Wildman–Crippen MR) is 116 cm³/mol. The lowest BCUT2D eigenvalue weighted by molar-refractivity contribution is -0.679. The molecule has 0 spiro atoms. The van der Waals surface area contributed by atoms with Crippen LogP contribution in [0.15, 0.2) is 81.8 Å². The number of aromatic nitrogens is 1. The first kappa shape index (κ1) is 19.6. The van der Waals surface area contributed by atoms with E-state index in [0.29, 0.717) is 6.54 Å². The first-order chi connectivity index (χ1) is 15.3. The van der Waals surface area contributed by atoms with Crippen LogP contribution in [0.5, 0.6) is 0 Å². The van der Waals surface area contributed by atoms with E-state index in [-0.39, 0.29) is 17.9 Å². The summed E-state index contributed by atoms with van der Waals surface area (Å²) in [5.74, 6) is 2.07. The number of oxazole rings is 1. The van der Waals surface area contributed by atoms with Crippen molar-refractivity contribution in [1.82, 2.24) is 9.88 Å². The fourth-order valence-corrected chi connectivity index (χ4v) is 4.33. The van der Waals surface area contributed by atoms with Crippen LogP contribution in [-0.4, -0.2) is 35.4 Å². The van der Waals surface area contributed by atoms with Gasteiger partial charge in [0.25, 0.3) is 5.91 Å². The van der Waals surface area contributed by atoms with E-state index in [0.717, 1.165) is 54.2 Å².